The molecule has 1 aliphatic carbocycles. The van der Waals surface area contributed by atoms with Crippen molar-refractivity contribution in [2.45, 2.75) is 51.4 Å². The van der Waals surface area contributed by atoms with E-state index in [0.29, 0.717) is 17.2 Å². The molecule has 6 nitrogen and oxygen atoms in total. The number of hydrogen-bond donors (Lipinski definition) is 3. The third-order valence-corrected chi connectivity index (χ3v) is 6.25. The van der Waals surface area contributed by atoms with Gasteiger partial charge in [-0.2, -0.15) is 0 Å². The third-order valence-electron chi connectivity index (χ3n) is 6.25. The van der Waals surface area contributed by atoms with Crippen molar-refractivity contribution in [3.05, 3.63) is 53.0 Å². The number of anilines is 1. The first-order valence-electron chi connectivity index (χ1n) is 9.62. The van der Waals surface area contributed by atoms with Crippen LogP contribution in [0.25, 0.3) is 0 Å². The average molecular weight is 368 g/mol. The molecule has 0 radical (unpaired) electrons. The average Bonchev–Trinajstić information content (AvgIpc) is 2.93. The minimum atomic E-state index is -1.08. The van der Waals surface area contributed by atoms with Gasteiger partial charge in [-0.1, -0.05) is 24.3 Å². The van der Waals surface area contributed by atoms with E-state index in [2.05, 4.69) is 39.1 Å². The van der Waals surface area contributed by atoms with Crippen molar-refractivity contribution in [2.75, 3.05) is 18.0 Å². The number of rotatable bonds is 3. The molecule has 0 saturated carbocycles. The predicted molar refractivity (Wildman–Crippen MR) is 104 cm³/mol. The highest BCUT2D eigenvalue weighted by molar-refractivity contribution is 5.46. The summed E-state index contributed by atoms with van der Waals surface area (Å²) in [6.07, 6.45) is 4.62. The van der Waals surface area contributed by atoms with Crippen LogP contribution in [0.15, 0.2) is 30.5 Å². The summed E-state index contributed by atoms with van der Waals surface area (Å²) in [5, 5.41) is 19.9. The fraction of sp³-hybridized carbons (Fsp3) is 0.524. The zero-order chi connectivity index (χ0) is 19.2. The molecule has 144 valence electrons. The molecular weight excluding hydrogens is 340 g/mol. The number of fused-ring (bicyclic) bond motifs is 1. The third kappa shape index (κ3) is 3.12. The molecule has 0 amide bonds. The van der Waals surface area contributed by atoms with E-state index in [9.17, 15) is 10.2 Å². The van der Waals surface area contributed by atoms with Gasteiger partial charge in [0, 0.05) is 19.1 Å². The molecule has 1 atom stereocenters. The molecule has 1 spiro atoms. The second kappa shape index (κ2) is 6.55. The van der Waals surface area contributed by atoms with Crippen LogP contribution in [0.1, 0.15) is 55.2 Å². The molecule has 2 aliphatic rings. The van der Waals surface area contributed by atoms with E-state index in [4.69, 9.17) is 5.73 Å². The van der Waals surface area contributed by atoms with E-state index in [1.807, 2.05) is 0 Å². The number of nitrogens with two attached hydrogens (primary N) is 1. The van der Waals surface area contributed by atoms with Gasteiger partial charge in [0.2, 0.25) is 0 Å². The van der Waals surface area contributed by atoms with Crippen molar-refractivity contribution < 1.29 is 10.2 Å². The summed E-state index contributed by atoms with van der Waals surface area (Å²) < 4.78 is 0. The van der Waals surface area contributed by atoms with E-state index < -0.39 is 5.60 Å². The highest BCUT2D eigenvalue weighted by Gasteiger charge is 2.46. The number of hydrogen-bond acceptors (Lipinski definition) is 6. The Morgan fingerprint density at radius 3 is 2.59 bits per heavy atom. The monoisotopic (exact) mass is 368 g/mol. The van der Waals surface area contributed by atoms with Crippen LogP contribution in [0.5, 0.6) is 0 Å². The molecule has 1 aromatic carbocycles. The van der Waals surface area contributed by atoms with E-state index in [-0.39, 0.29) is 18.1 Å². The Balaban J connectivity index is 1.54. The molecule has 0 unspecified atom stereocenters. The lowest BCUT2D eigenvalue weighted by molar-refractivity contribution is 0.0728. The highest BCUT2D eigenvalue weighted by atomic mass is 16.3. The summed E-state index contributed by atoms with van der Waals surface area (Å²) >= 11 is 0. The van der Waals surface area contributed by atoms with Crippen molar-refractivity contribution in [3.8, 4) is 0 Å². The zero-order valence-electron chi connectivity index (χ0n) is 16.0. The summed E-state index contributed by atoms with van der Waals surface area (Å²) in [5.74, 6) is 0.712. The number of piperidine rings is 1. The normalized spacial score (nSPS) is 21.5. The molecule has 6 heteroatoms. The van der Waals surface area contributed by atoms with Gasteiger partial charge in [0.25, 0.3) is 0 Å². The Morgan fingerprint density at radius 1 is 1.26 bits per heavy atom. The molecule has 0 bridgehead atoms. The molecule has 1 fully saturated rings. The van der Waals surface area contributed by atoms with Gasteiger partial charge in [-0.3, -0.25) is 0 Å². The number of nitrogens with zero attached hydrogens (tertiary/aromatic N) is 3. The van der Waals surface area contributed by atoms with Gasteiger partial charge in [0.05, 0.1) is 18.5 Å². The molecule has 2 heterocycles. The maximum Gasteiger partial charge on any atom is 0.152 e. The first-order chi connectivity index (χ1) is 12.8. The largest absolute Gasteiger partial charge is 0.390 e. The molecule has 1 saturated heterocycles. The van der Waals surface area contributed by atoms with Crippen LogP contribution in [0, 0.1) is 5.41 Å². The number of aliphatic hydroxyl groups excluding tert-OH is 1. The zero-order valence-corrected chi connectivity index (χ0v) is 16.0. The topological polar surface area (TPSA) is 95.5 Å². The minimum absolute atomic E-state index is 0.0804. The molecule has 2 aromatic rings. The van der Waals surface area contributed by atoms with Crippen molar-refractivity contribution in [1.29, 1.82) is 0 Å². The summed E-state index contributed by atoms with van der Waals surface area (Å²) in [6.45, 7) is 4.82. The fourth-order valence-corrected chi connectivity index (χ4v) is 4.56. The van der Waals surface area contributed by atoms with Crippen LogP contribution in [-0.4, -0.2) is 33.3 Å². The summed E-state index contributed by atoms with van der Waals surface area (Å²) in [4.78, 5) is 11.2. The van der Waals surface area contributed by atoms with Gasteiger partial charge in [-0.25, -0.2) is 9.97 Å². The van der Waals surface area contributed by atoms with Gasteiger partial charge in [0.1, 0.15) is 11.3 Å². The Hall–Kier alpha value is -2.02. The van der Waals surface area contributed by atoms with E-state index in [1.165, 1.54) is 11.1 Å². The summed E-state index contributed by atoms with van der Waals surface area (Å²) in [7, 11) is 0. The highest BCUT2D eigenvalue weighted by Crippen LogP contribution is 2.51. The first kappa shape index (κ1) is 18.3. The van der Waals surface area contributed by atoms with Gasteiger partial charge in [-0.15, -0.1) is 0 Å². The smallest absolute Gasteiger partial charge is 0.152 e. The lowest BCUT2D eigenvalue weighted by Crippen LogP contribution is -2.45. The summed E-state index contributed by atoms with van der Waals surface area (Å²) in [6, 6.07) is 8.59. The molecule has 27 heavy (non-hydrogen) atoms. The van der Waals surface area contributed by atoms with Crippen LogP contribution in [0.4, 0.5) is 5.82 Å². The van der Waals surface area contributed by atoms with Crippen molar-refractivity contribution in [3.63, 3.8) is 0 Å². The Bertz CT molecular complexity index is 838. The van der Waals surface area contributed by atoms with Gasteiger partial charge in [-0.05, 0) is 49.7 Å². The molecule has 1 aromatic heterocycles. The Morgan fingerprint density at radius 2 is 1.96 bits per heavy atom. The predicted octanol–water partition coefficient (Wildman–Crippen LogP) is 2.04. The summed E-state index contributed by atoms with van der Waals surface area (Å²) in [5.41, 5.74) is 9.34. The fourth-order valence-electron chi connectivity index (χ4n) is 4.56. The van der Waals surface area contributed by atoms with Crippen molar-refractivity contribution >= 4 is 5.82 Å². The Kier molecular flexibility index (Phi) is 4.45. The molecule has 4 N–H and O–H groups in total. The quantitative estimate of drug-likeness (QED) is 0.767. The van der Waals surface area contributed by atoms with Crippen LogP contribution in [0.3, 0.4) is 0 Å². The van der Waals surface area contributed by atoms with Gasteiger partial charge < -0.3 is 20.8 Å². The second-order valence-electron chi connectivity index (χ2n) is 8.45. The van der Waals surface area contributed by atoms with Crippen LogP contribution >= 0.6 is 0 Å². The standard InChI is InChI=1S/C21H28N4O2/c1-20(2,27)17-12-23-19(16(13-26)24-17)25-9-7-21(8-10-25)11-14-5-3-4-6-15(14)18(21)22/h3-6,12,18,26-27H,7-11,13,22H2,1-2H3/t18-/m1/s1. The molecular formula is C21H28N4O2. The van der Waals surface area contributed by atoms with Gasteiger partial charge >= 0.3 is 0 Å². The first-order valence-corrected chi connectivity index (χ1v) is 9.62. The van der Waals surface area contributed by atoms with Crippen molar-refractivity contribution in [1.82, 2.24) is 9.97 Å². The SMILES string of the molecule is CC(C)(O)c1cnc(N2CCC3(CC2)Cc2ccccc2[C@H]3N)c(CO)n1. The lowest BCUT2D eigenvalue weighted by Gasteiger charge is -2.43. The van der Waals surface area contributed by atoms with E-state index in [1.54, 1.807) is 20.0 Å². The number of aromatic nitrogens is 2. The Labute approximate surface area is 160 Å². The van der Waals surface area contributed by atoms with Crippen LogP contribution in [0.2, 0.25) is 0 Å². The number of benzene rings is 1. The molecule has 4 rings (SSSR count). The van der Waals surface area contributed by atoms with Crippen LogP contribution < -0.4 is 10.6 Å². The molecule has 1 aliphatic heterocycles. The van der Waals surface area contributed by atoms with Crippen molar-refractivity contribution in [2.24, 2.45) is 11.1 Å². The maximum atomic E-state index is 10.2. The minimum Gasteiger partial charge on any atom is -0.390 e. The lowest BCUT2D eigenvalue weighted by atomic mass is 9.73. The maximum absolute atomic E-state index is 10.2. The van der Waals surface area contributed by atoms with Gasteiger partial charge in [0.15, 0.2) is 5.82 Å². The van der Waals surface area contributed by atoms with Crippen LogP contribution in [-0.2, 0) is 18.6 Å². The van der Waals surface area contributed by atoms with E-state index >= 15 is 0 Å². The van der Waals surface area contributed by atoms with E-state index in [0.717, 1.165) is 32.4 Å². The number of aliphatic hydroxyl groups is 2. The second-order valence-corrected chi connectivity index (χ2v) is 8.45.